The van der Waals surface area contributed by atoms with Gasteiger partial charge in [0.25, 0.3) is 0 Å². The van der Waals surface area contributed by atoms with Gasteiger partial charge in [-0.25, -0.2) is 0 Å². The van der Waals surface area contributed by atoms with Crippen LogP contribution < -0.4 is 4.35 Å². The molecule has 1 aromatic carbocycles. The van der Waals surface area contributed by atoms with Crippen LogP contribution in [0, 0.1) is 11.3 Å². The van der Waals surface area contributed by atoms with Crippen LogP contribution in [0.4, 0.5) is 0 Å². The summed E-state index contributed by atoms with van der Waals surface area (Å²) < 4.78 is 1.01. The van der Waals surface area contributed by atoms with Crippen molar-refractivity contribution in [2.75, 3.05) is 0 Å². The average molecular weight is 209 g/mol. The molecule has 0 heterocycles. The first-order valence-electron chi connectivity index (χ1n) is 2.65. The first-order chi connectivity index (χ1) is 4.72. The summed E-state index contributed by atoms with van der Waals surface area (Å²) in [7, 11) is 0. The Kier molecular flexibility index (Phi) is 2.43. The molecule has 0 saturated carbocycles. The van der Waals surface area contributed by atoms with E-state index in [2.05, 4.69) is 29.5 Å². The second-order valence-corrected chi connectivity index (χ2v) is 3.45. The van der Waals surface area contributed by atoms with E-state index < -0.39 is 0 Å². The van der Waals surface area contributed by atoms with Crippen molar-refractivity contribution >= 4 is 33.8 Å². The summed E-state index contributed by atoms with van der Waals surface area (Å²) in [4.78, 5) is 0.828. The van der Waals surface area contributed by atoms with Crippen LogP contribution in [0.2, 0.25) is 0 Å². The molecule has 0 N–H and O–H groups in total. The van der Waals surface area contributed by atoms with E-state index in [0.29, 0.717) is 5.56 Å². The molecule has 0 atom stereocenters. The molecule has 0 bridgehead atoms. The molecule has 3 heteroatoms. The number of benzene rings is 1. The topological polar surface area (TPSA) is 23.8 Å². The van der Waals surface area contributed by atoms with Crippen molar-refractivity contribution in [1.29, 1.82) is 5.26 Å². The molecule has 0 aromatic heterocycles. The zero-order chi connectivity index (χ0) is 7.56. The fourth-order valence-corrected chi connectivity index (χ4v) is 1.74. The molecule has 2 radical (unpaired) electrons. The van der Waals surface area contributed by atoms with Crippen LogP contribution in [0.25, 0.3) is 0 Å². The third kappa shape index (κ3) is 1.80. The Morgan fingerprint density at radius 1 is 1.40 bits per heavy atom. The summed E-state index contributed by atoms with van der Waals surface area (Å²) in [5.41, 5.74) is 0.656. The number of hydrogen-bond donors (Lipinski definition) is 1. The predicted octanol–water partition coefficient (Wildman–Crippen LogP) is 0.641. The molecule has 48 valence electrons. The Morgan fingerprint density at radius 3 is 2.60 bits per heavy atom. The summed E-state index contributed by atoms with van der Waals surface area (Å²) in [6, 6.07) is 7.48. The maximum absolute atomic E-state index is 8.50. The molecule has 10 heavy (non-hydrogen) atoms. The number of hydrogen-bond acceptors (Lipinski definition) is 2. The molecule has 0 amide bonds. The number of nitrogens with zero attached hydrogens (tertiary/aromatic N) is 1. The normalized spacial score (nSPS) is 8.90. The summed E-state index contributed by atoms with van der Waals surface area (Å²) in [5.74, 6) is 0. The van der Waals surface area contributed by atoms with Crippen LogP contribution in [-0.4, -0.2) is 16.9 Å². The van der Waals surface area contributed by atoms with Crippen molar-refractivity contribution in [3.8, 4) is 6.07 Å². The summed E-state index contributed by atoms with van der Waals surface area (Å²) >= 11 is 6.50. The zero-order valence-corrected chi connectivity index (χ0v) is 7.84. The van der Waals surface area contributed by atoms with Gasteiger partial charge >= 0.3 is 73.8 Å². The van der Waals surface area contributed by atoms with E-state index in [1.165, 1.54) is 0 Å². The Hall–Kier alpha value is -0.382. The van der Waals surface area contributed by atoms with E-state index in [4.69, 9.17) is 5.26 Å². The Labute approximate surface area is 74.0 Å². The zero-order valence-electron chi connectivity index (χ0n) is 5.07. The first kappa shape index (κ1) is 7.72. The van der Waals surface area contributed by atoms with Gasteiger partial charge in [-0.1, -0.05) is 0 Å². The van der Waals surface area contributed by atoms with Gasteiger partial charge in [-0.2, -0.15) is 0 Å². The van der Waals surface area contributed by atoms with E-state index in [-0.39, 0.29) is 0 Å². The van der Waals surface area contributed by atoms with Crippen molar-refractivity contribution < 1.29 is 0 Å². The second kappa shape index (κ2) is 3.14. The third-order valence-corrected chi connectivity index (χ3v) is 1.83. The minimum atomic E-state index is 0.656. The number of nitriles is 1. The molecular formula is C7H4AsNS. The molecule has 0 aliphatic heterocycles. The van der Waals surface area contributed by atoms with E-state index in [0.717, 1.165) is 9.25 Å². The Morgan fingerprint density at radius 2 is 2.10 bits per heavy atom. The van der Waals surface area contributed by atoms with Gasteiger partial charge in [-0.15, -0.1) is 0 Å². The Balaban J connectivity index is 3.22. The van der Waals surface area contributed by atoms with Crippen LogP contribution >= 0.6 is 12.6 Å². The van der Waals surface area contributed by atoms with Crippen molar-refractivity contribution in [1.82, 2.24) is 0 Å². The van der Waals surface area contributed by atoms with E-state index in [1.807, 2.05) is 12.1 Å². The summed E-state index contributed by atoms with van der Waals surface area (Å²) in [6.45, 7) is 0. The molecular weight excluding hydrogens is 205 g/mol. The quantitative estimate of drug-likeness (QED) is 0.492. The molecule has 1 aromatic rings. The van der Waals surface area contributed by atoms with E-state index in [1.54, 1.807) is 12.1 Å². The van der Waals surface area contributed by atoms with Crippen LogP contribution in [0.5, 0.6) is 0 Å². The third-order valence-electron chi connectivity index (χ3n) is 1.03. The van der Waals surface area contributed by atoms with Crippen molar-refractivity contribution in [2.24, 2.45) is 0 Å². The molecule has 0 aliphatic carbocycles. The number of thiol groups is 1. The average Bonchev–Trinajstić information content (AvgIpc) is 1.85. The van der Waals surface area contributed by atoms with Gasteiger partial charge in [0, 0.05) is 0 Å². The van der Waals surface area contributed by atoms with Crippen molar-refractivity contribution in [3.05, 3.63) is 23.8 Å². The Bertz CT molecular complexity index is 270. The molecule has 1 nitrogen and oxygen atoms in total. The standard InChI is InChI=1S/C7H4AsNS/c8-6-1-5(4-9)2-7(10)3-6/h1-3,10H. The van der Waals surface area contributed by atoms with Gasteiger partial charge < -0.3 is 0 Å². The molecule has 1 rings (SSSR count). The van der Waals surface area contributed by atoms with Gasteiger partial charge in [-0.05, 0) is 0 Å². The molecule has 0 unspecified atom stereocenters. The fraction of sp³-hybridized carbons (Fsp3) is 0. The molecule has 0 saturated heterocycles. The number of rotatable bonds is 0. The van der Waals surface area contributed by atoms with Gasteiger partial charge in [0.2, 0.25) is 0 Å². The molecule has 0 spiro atoms. The SMILES string of the molecule is N#Cc1cc(S)cc([As])c1. The van der Waals surface area contributed by atoms with E-state index in [9.17, 15) is 0 Å². The van der Waals surface area contributed by atoms with Crippen molar-refractivity contribution in [2.45, 2.75) is 4.90 Å². The maximum atomic E-state index is 8.50. The van der Waals surface area contributed by atoms with Gasteiger partial charge in [0.1, 0.15) is 0 Å². The minimum absolute atomic E-state index is 0.656. The summed E-state index contributed by atoms with van der Waals surface area (Å²) in [6.07, 6.45) is 0. The van der Waals surface area contributed by atoms with Gasteiger partial charge in [0.15, 0.2) is 0 Å². The second-order valence-electron chi connectivity index (χ2n) is 1.85. The van der Waals surface area contributed by atoms with Gasteiger partial charge in [0.05, 0.1) is 0 Å². The molecule has 0 aliphatic rings. The van der Waals surface area contributed by atoms with E-state index >= 15 is 0 Å². The van der Waals surface area contributed by atoms with Crippen LogP contribution in [-0.2, 0) is 0 Å². The van der Waals surface area contributed by atoms with Crippen molar-refractivity contribution in [3.63, 3.8) is 0 Å². The fourth-order valence-electron chi connectivity index (χ4n) is 0.660. The predicted molar refractivity (Wildman–Crippen MR) is 43.8 cm³/mol. The monoisotopic (exact) mass is 209 g/mol. The van der Waals surface area contributed by atoms with Gasteiger partial charge in [-0.3, -0.25) is 0 Å². The first-order valence-corrected chi connectivity index (χ1v) is 4.04. The van der Waals surface area contributed by atoms with Crippen LogP contribution in [0.3, 0.4) is 0 Å². The molecule has 0 fully saturated rings. The van der Waals surface area contributed by atoms with Crippen LogP contribution in [0.1, 0.15) is 5.56 Å². The summed E-state index contributed by atoms with van der Waals surface area (Å²) in [5, 5.41) is 8.50. The van der Waals surface area contributed by atoms with Crippen LogP contribution in [0.15, 0.2) is 23.1 Å².